The predicted molar refractivity (Wildman–Crippen MR) is 78.5 cm³/mol. The number of likely N-dealkylation sites (tertiary alicyclic amines) is 1. The number of hydrogen-bond acceptors (Lipinski definition) is 4. The maximum Gasteiger partial charge on any atom is 0.326 e. The van der Waals surface area contributed by atoms with Crippen LogP contribution in [0.1, 0.15) is 23.2 Å². The summed E-state index contributed by atoms with van der Waals surface area (Å²) in [5.74, 6) is -1.18. The van der Waals surface area contributed by atoms with Crippen LogP contribution in [-0.2, 0) is 4.79 Å². The number of aliphatic carboxylic acids is 1. The number of likely N-dealkylation sites (N-methyl/N-ethyl adjacent to an activating group) is 1. The van der Waals surface area contributed by atoms with Crippen LogP contribution in [0.3, 0.4) is 0 Å². The van der Waals surface area contributed by atoms with E-state index < -0.39 is 12.0 Å². The van der Waals surface area contributed by atoms with Crippen LogP contribution in [0, 0.1) is 0 Å². The Balaban J connectivity index is 2.11. The Labute approximate surface area is 123 Å². The average molecular weight is 292 g/mol. The topological polar surface area (TPSA) is 81.1 Å². The maximum absolute atomic E-state index is 12.4. The zero-order valence-electron chi connectivity index (χ0n) is 12.0. The number of carboxylic acid groups (broad SMARTS) is 1. The van der Waals surface area contributed by atoms with Crippen LogP contribution in [0.2, 0.25) is 0 Å². The molecule has 0 spiro atoms. The van der Waals surface area contributed by atoms with Crippen LogP contribution in [0.25, 0.3) is 0 Å². The molecule has 2 rings (SSSR count). The first-order chi connectivity index (χ1) is 10.0. The molecule has 1 fully saturated rings. The molecule has 6 heteroatoms. The van der Waals surface area contributed by atoms with E-state index in [4.69, 9.17) is 10.2 Å². The summed E-state index contributed by atoms with van der Waals surface area (Å²) in [6, 6.07) is 6.28. The van der Waals surface area contributed by atoms with Gasteiger partial charge in [-0.05, 0) is 37.1 Å². The fourth-order valence-corrected chi connectivity index (χ4v) is 2.57. The highest BCUT2D eigenvalue weighted by Crippen LogP contribution is 2.21. The minimum atomic E-state index is -0.944. The molecule has 0 saturated carbocycles. The lowest BCUT2D eigenvalue weighted by Gasteiger charge is -2.22. The zero-order chi connectivity index (χ0) is 15.4. The highest BCUT2D eigenvalue weighted by molar-refractivity contribution is 5.97. The number of amides is 1. The minimum Gasteiger partial charge on any atom is -0.480 e. The van der Waals surface area contributed by atoms with Crippen molar-refractivity contribution in [2.75, 3.05) is 31.6 Å². The largest absolute Gasteiger partial charge is 0.480 e. The number of rotatable bonds is 5. The molecule has 0 radical (unpaired) electrons. The van der Waals surface area contributed by atoms with E-state index in [1.54, 1.807) is 24.3 Å². The van der Waals surface area contributed by atoms with Crippen molar-refractivity contribution in [3.63, 3.8) is 0 Å². The van der Waals surface area contributed by atoms with Crippen molar-refractivity contribution in [1.29, 1.82) is 0 Å². The van der Waals surface area contributed by atoms with E-state index in [2.05, 4.69) is 0 Å². The first kappa shape index (κ1) is 15.3. The number of aliphatic hydroxyl groups is 1. The van der Waals surface area contributed by atoms with Gasteiger partial charge in [-0.15, -0.1) is 0 Å². The summed E-state index contributed by atoms with van der Waals surface area (Å²) in [7, 11) is 1.86. The molecular weight excluding hydrogens is 272 g/mol. The first-order valence-corrected chi connectivity index (χ1v) is 7.00. The third kappa shape index (κ3) is 3.33. The Morgan fingerprint density at radius 2 is 2.00 bits per heavy atom. The molecule has 0 unspecified atom stereocenters. The lowest BCUT2D eigenvalue weighted by Crippen LogP contribution is -2.40. The van der Waals surface area contributed by atoms with Crippen LogP contribution in [-0.4, -0.2) is 59.8 Å². The lowest BCUT2D eigenvalue weighted by atomic mass is 10.1. The van der Waals surface area contributed by atoms with Crippen LogP contribution in [0.5, 0.6) is 0 Å². The van der Waals surface area contributed by atoms with E-state index in [9.17, 15) is 9.59 Å². The molecule has 1 heterocycles. The molecule has 1 aromatic carbocycles. The molecule has 1 saturated heterocycles. The molecule has 0 aromatic heterocycles. The Morgan fingerprint density at radius 3 is 2.57 bits per heavy atom. The number of anilines is 1. The van der Waals surface area contributed by atoms with Gasteiger partial charge in [0.2, 0.25) is 0 Å². The third-order valence-electron chi connectivity index (χ3n) is 3.79. The quantitative estimate of drug-likeness (QED) is 0.839. The van der Waals surface area contributed by atoms with E-state index in [1.165, 1.54) is 4.90 Å². The molecule has 21 heavy (non-hydrogen) atoms. The van der Waals surface area contributed by atoms with Crippen molar-refractivity contribution in [3.8, 4) is 0 Å². The highest BCUT2D eigenvalue weighted by atomic mass is 16.4. The summed E-state index contributed by atoms with van der Waals surface area (Å²) >= 11 is 0. The SMILES string of the molecule is CN(CCO)c1ccc(C(=O)N2CCC[C@H]2C(=O)O)cc1. The Morgan fingerprint density at radius 1 is 1.33 bits per heavy atom. The van der Waals surface area contributed by atoms with Crippen molar-refractivity contribution in [2.45, 2.75) is 18.9 Å². The molecule has 1 aliphatic heterocycles. The molecule has 0 aliphatic carbocycles. The fraction of sp³-hybridized carbons (Fsp3) is 0.467. The maximum atomic E-state index is 12.4. The van der Waals surface area contributed by atoms with E-state index >= 15 is 0 Å². The van der Waals surface area contributed by atoms with Gasteiger partial charge >= 0.3 is 5.97 Å². The van der Waals surface area contributed by atoms with Gasteiger partial charge in [-0.2, -0.15) is 0 Å². The van der Waals surface area contributed by atoms with Gasteiger partial charge in [0.1, 0.15) is 6.04 Å². The summed E-state index contributed by atoms with van der Waals surface area (Å²) in [5.41, 5.74) is 1.39. The van der Waals surface area contributed by atoms with Crippen molar-refractivity contribution >= 4 is 17.6 Å². The van der Waals surface area contributed by atoms with Crippen molar-refractivity contribution in [1.82, 2.24) is 4.90 Å². The second kappa shape index (κ2) is 6.58. The summed E-state index contributed by atoms with van der Waals surface area (Å²) in [4.78, 5) is 26.8. The normalized spacial score (nSPS) is 17.8. The monoisotopic (exact) mass is 292 g/mol. The number of benzene rings is 1. The second-order valence-corrected chi connectivity index (χ2v) is 5.19. The molecule has 1 atom stereocenters. The predicted octanol–water partition coefficient (Wildman–Crippen LogP) is 0.804. The summed E-state index contributed by atoms with van der Waals surface area (Å²) in [6.45, 7) is 1.06. The van der Waals surface area contributed by atoms with E-state index in [1.807, 2.05) is 11.9 Å². The minimum absolute atomic E-state index is 0.0608. The molecule has 1 amide bonds. The van der Waals surface area contributed by atoms with Gasteiger partial charge in [-0.3, -0.25) is 4.79 Å². The van der Waals surface area contributed by atoms with E-state index in [0.717, 1.165) is 12.1 Å². The van der Waals surface area contributed by atoms with Crippen molar-refractivity contribution in [3.05, 3.63) is 29.8 Å². The fourth-order valence-electron chi connectivity index (χ4n) is 2.57. The number of carbonyl (C=O) groups excluding carboxylic acids is 1. The lowest BCUT2D eigenvalue weighted by molar-refractivity contribution is -0.141. The summed E-state index contributed by atoms with van der Waals surface area (Å²) < 4.78 is 0. The number of nitrogens with zero attached hydrogens (tertiary/aromatic N) is 2. The second-order valence-electron chi connectivity index (χ2n) is 5.19. The van der Waals surface area contributed by atoms with Gasteiger partial charge in [0, 0.05) is 31.4 Å². The molecule has 2 N–H and O–H groups in total. The van der Waals surface area contributed by atoms with Crippen LogP contribution in [0.4, 0.5) is 5.69 Å². The number of carboxylic acids is 1. The molecule has 0 bridgehead atoms. The summed E-state index contributed by atoms with van der Waals surface area (Å²) in [6.07, 6.45) is 1.23. The molecule has 6 nitrogen and oxygen atoms in total. The number of hydrogen-bond donors (Lipinski definition) is 2. The number of aliphatic hydroxyl groups excluding tert-OH is 1. The van der Waals surface area contributed by atoms with E-state index in [-0.39, 0.29) is 12.5 Å². The molecule has 114 valence electrons. The summed E-state index contributed by atoms with van der Waals surface area (Å²) in [5, 5.41) is 18.0. The van der Waals surface area contributed by atoms with Crippen molar-refractivity contribution < 1.29 is 19.8 Å². The van der Waals surface area contributed by atoms with Gasteiger partial charge < -0.3 is 20.0 Å². The van der Waals surface area contributed by atoms with Gasteiger partial charge in [0.25, 0.3) is 5.91 Å². The molecule has 1 aliphatic rings. The highest BCUT2D eigenvalue weighted by Gasteiger charge is 2.34. The van der Waals surface area contributed by atoms with Crippen LogP contribution in [0.15, 0.2) is 24.3 Å². The average Bonchev–Trinajstić information content (AvgIpc) is 2.96. The Kier molecular flexibility index (Phi) is 4.80. The van der Waals surface area contributed by atoms with E-state index in [0.29, 0.717) is 25.1 Å². The smallest absolute Gasteiger partial charge is 0.326 e. The zero-order valence-corrected chi connectivity index (χ0v) is 12.0. The van der Waals surface area contributed by atoms with Crippen molar-refractivity contribution in [2.24, 2.45) is 0 Å². The van der Waals surface area contributed by atoms with Gasteiger partial charge in [0.05, 0.1) is 6.61 Å². The first-order valence-electron chi connectivity index (χ1n) is 7.00. The standard InChI is InChI=1S/C15H20N2O4/c1-16(9-10-18)12-6-4-11(5-7-12)14(19)17-8-2-3-13(17)15(20)21/h4-7,13,18H,2-3,8-10H2,1H3,(H,20,21)/t13-/m0/s1. The van der Waals surface area contributed by atoms with Crippen LogP contribution < -0.4 is 4.90 Å². The Bertz CT molecular complexity index is 515. The van der Waals surface area contributed by atoms with Gasteiger partial charge in [-0.25, -0.2) is 4.79 Å². The van der Waals surface area contributed by atoms with Gasteiger partial charge in [0.15, 0.2) is 0 Å². The van der Waals surface area contributed by atoms with Crippen LogP contribution >= 0.6 is 0 Å². The molecule has 1 aromatic rings. The molecular formula is C15H20N2O4. The third-order valence-corrected chi connectivity index (χ3v) is 3.79. The Hall–Kier alpha value is -2.08. The number of carbonyl (C=O) groups is 2. The van der Waals surface area contributed by atoms with Gasteiger partial charge in [-0.1, -0.05) is 0 Å².